The highest BCUT2D eigenvalue weighted by atomic mass is 19.4. The van der Waals surface area contributed by atoms with Gasteiger partial charge in [0.2, 0.25) is 0 Å². The van der Waals surface area contributed by atoms with Gasteiger partial charge in [0.15, 0.2) is 0 Å². The Labute approximate surface area is 136 Å². The molecule has 0 aliphatic carbocycles. The topological polar surface area (TPSA) is 72.9 Å². The van der Waals surface area contributed by atoms with Gasteiger partial charge in [-0.1, -0.05) is 12.1 Å². The van der Waals surface area contributed by atoms with Crippen LogP contribution >= 0.6 is 0 Å². The highest BCUT2D eigenvalue weighted by molar-refractivity contribution is 5.69. The number of halogens is 3. The number of hydrogen-bond donors (Lipinski definition) is 2. The van der Waals surface area contributed by atoms with E-state index in [1.165, 1.54) is 30.1 Å². The third-order valence-electron chi connectivity index (χ3n) is 4.23. The molecule has 1 aliphatic rings. The Balaban J connectivity index is 2.42. The number of amides is 1. The fraction of sp³-hybridized carbons (Fsp3) is 0.467. The number of rotatable bonds is 4. The van der Waals surface area contributed by atoms with Gasteiger partial charge in [-0.15, -0.1) is 0 Å². The van der Waals surface area contributed by atoms with Gasteiger partial charge < -0.3 is 14.8 Å². The van der Waals surface area contributed by atoms with Gasteiger partial charge >= 0.3 is 12.3 Å². The molecule has 1 aromatic carbocycles. The Morgan fingerprint density at radius 2 is 2.04 bits per heavy atom. The number of anilines is 1. The van der Waals surface area contributed by atoms with E-state index in [2.05, 4.69) is 5.32 Å². The summed E-state index contributed by atoms with van der Waals surface area (Å²) in [6, 6.07) is 5.13. The highest BCUT2D eigenvalue weighted by Crippen LogP contribution is 2.38. The molecule has 0 bridgehead atoms. The monoisotopic (exact) mass is 345 g/mol. The number of hydrogen-bond acceptors (Lipinski definition) is 4. The van der Waals surface area contributed by atoms with Crippen LogP contribution in [0.15, 0.2) is 24.3 Å². The maximum absolute atomic E-state index is 13.2. The lowest BCUT2D eigenvalue weighted by Gasteiger charge is -2.49. The summed E-state index contributed by atoms with van der Waals surface area (Å²) in [5.41, 5.74) is -2.09. The zero-order valence-corrected chi connectivity index (χ0v) is 13.0. The number of para-hydroxylation sites is 1. The first-order valence-electron chi connectivity index (χ1n) is 7.29. The van der Waals surface area contributed by atoms with Crippen LogP contribution in [0.5, 0.6) is 0 Å². The predicted molar refractivity (Wildman–Crippen MR) is 80.9 cm³/mol. The van der Waals surface area contributed by atoms with Crippen molar-refractivity contribution in [3.8, 4) is 0 Å². The van der Waals surface area contributed by atoms with Crippen molar-refractivity contribution in [1.29, 1.82) is 0 Å². The van der Waals surface area contributed by atoms with Crippen LogP contribution in [-0.2, 0) is 11.0 Å². The molecule has 2 N–H and O–H groups in total. The van der Waals surface area contributed by atoms with E-state index in [0.29, 0.717) is 6.29 Å². The third-order valence-corrected chi connectivity index (χ3v) is 4.23. The van der Waals surface area contributed by atoms with Crippen molar-refractivity contribution >= 4 is 18.1 Å². The number of piperazine rings is 1. The normalized spacial score (nSPS) is 21.7. The standard InChI is InChI=1S/C15H18F3N3O3/c1-19-14(6-9-22)10-20(7-8-21(14)13(23)24)12-5-3-2-4-11(12)15(16,17)18/h2-5,9,19H,6-8,10H2,1H3,(H,23,24). The summed E-state index contributed by atoms with van der Waals surface area (Å²) in [6.45, 7) is 0.0134. The number of aldehydes is 1. The van der Waals surface area contributed by atoms with Crippen LogP contribution in [0.2, 0.25) is 0 Å². The maximum atomic E-state index is 13.2. The molecule has 9 heteroatoms. The van der Waals surface area contributed by atoms with Gasteiger partial charge in [0.1, 0.15) is 11.9 Å². The summed E-state index contributed by atoms with van der Waals surface area (Å²) in [5, 5.41) is 12.1. The molecule has 0 radical (unpaired) electrons. The summed E-state index contributed by atoms with van der Waals surface area (Å²) in [4.78, 5) is 25.0. The first kappa shape index (κ1) is 18.1. The van der Waals surface area contributed by atoms with Gasteiger partial charge in [-0.25, -0.2) is 4.79 Å². The minimum Gasteiger partial charge on any atom is -0.465 e. The van der Waals surface area contributed by atoms with Crippen molar-refractivity contribution in [2.45, 2.75) is 18.3 Å². The first-order valence-corrected chi connectivity index (χ1v) is 7.29. The minimum atomic E-state index is -4.52. The number of carbonyl (C=O) groups excluding carboxylic acids is 1. The molecule has 6 nitrogen and oxygen atoms in total. The second-order valence-electron chi connectivity index (χ2n) is 5.52. The van der Waals surface area contributed by atoms with Crippen LogP contribution < -0.4 is 10.2 Å². The summed E-state index contributed by atoms with van der Waals surface area (Å²) in [5.74, 6) is 0. The first-order chi connectivity index (χ1) is 11.2. The van der Waals surface area contributed by atoms with Crippen LogP contribution in [0.3, 0.4) is 0 Å². The van der Waals surface area contributed by atoms with E-state index < -0.39 is 23.5 Å². The third kappa shape index (κ3) is 3.30. The van der Waals surface area contributed by atoms with Gasteiger partial charge in [0, 0.05) is 25.2 Å². The molecule has 1 unspecified atom stereocenters. The fourth-order valence-corrected chi connectivity index (χ4v) is 3.02. The zero-order valence-electron chi connectivity index (χ0n) is 13.0. The molecular weight excluding hydrogens is 327 g/mol. The van der Waals surface area contributed by atoms with Crippen LogP contribution in [0.25, 0.3) is 0 Å². The Hall–Kier alpha value is -2.29. The molecule has 1 aromatic rings. The molecule has 1 heterocycles. The molecule has 0 saturated carbocycles. The summed E-state index contributed by atoms with van der Waals surface area (Å²) in [6.07, 6.45) is -5.35. The number of nitrogens with zero attached hydrogens (tertiary/aromatic N) is 2. The van der Waals surface area contributed by atoms with Crippen molar-refractivity contribution < 1.29 is 27.9 Å². The van der Waals surface area contributed by atoms with Gasteiger partial charge in [0.25, 0.3) is 0 Å². The lowest BCUT2D eigenvalue weighted by Crippen LogP contribution is -2.70. The molecule has 24 heavy (non-hydrogen) atoms. The smallest absolute Gasteiger partial charge is 0.418 e. The molecule has 1 fully saturated rings. The zero-order chi connectivity index (χ0) is 18.0. The molecule has 1 amide bonds. The number of carbonyl (C=O) groups is 2. The van der Waals surface area contributed by atoms with E-state index in [4.69, 9.17) is 0 Å². The molecule has 132 valence electrons. The molecule has 2 rings (SSSR count). The number of carboxylic acid groups (broad SMARTS) is 1. The lowest BCUT2D eigenvalue weighted by atomic mass is 9.99. The van der Waals surface area contributed by atoms with Crippen molar-refractivity contribution in [2.24, 2.45) is 0 Å². The second-order valence-corrected chi connectivity index (χ2v) is 5.52. The number of nitrogens with one attached hydrogen (secondary N) is 1. The highest BCUT2D eigenvalue weighted by Gasteiger charge is 2.45. The van der Waals surface area contributed by atoms with Gasteiger partial charge in [0.05, 0.1) is 12.1 Å². The van der Waals surface area contributed by atoms with Crippen molar-refractivity contribution in [2.75, 3.05) is 31.6 Å². The Bertz CT molecular complexity index is 623. The molecule has 0 spiro atoms. The number of benzene rings is 1. The average Bonchev–Trinajstić information content (AvgIpc) is 2.54. The Morgan fingerprint density at radius 1 is 1.38 bits per heavy atom. The average molecular weight is 345 g/mol. The maximum Gasteiger partial charge on any atom is 0.418 e. The number of likely N-dealkylation sites (N-methyl/N-ethyl adjacent to an activating group) is 1. The largest absolute Gasteiger partial charge is 0.465 e. The van der Waals surface area contributed by atoms with Crippen LogP contribution in [0, 0.1) is 0 Å². The van der Waals surface area contributed by atoms with E-state index in [-0.39, 0.29) is 31.7 Å². The van der Waals surface area contributed by atoms with E-state index in [0.717, 1.165) is 11.0 Å². The Morgan fingerprint density at radius 3 is 2.58 bits per heavy atom. The van der Waals surface area contributed by atoms with E-state index in [1.807, 2.05) is 0 Å². The number of alkyl halides is 3. The van der Waals surface area contributed by atoms with E-state index in [9.17, 15) is 27.9 Å². The SMILES string of the molecule is CNC1(CC=O)CN(c2ccccc2C(F)(F)F)CCN1C(=O)O. The molecular formula is C15H18F3N3O3. The minimum absolute atomic E-state index is 0.0177. The predicted octanol–water partition coefficient (Wildman–Crippen LogP) is 2.01. The fourth-order valence-electron chi connectivity index (χ4n) is 3.02. The lowest BCUT2D eigenvalue weighted by molar-refractivity contribution is -0.137. The van der Waals surface area contributed by atoms with Crippen LogP contribution in [0.4, 0.5) is 23.7 Å². The molecule has 0 aromatic heterocycles. The van der Waals surface area contributed by atoms with Crippen molar-refractivity contribution in [1.82, 2.24) is 10.2 Å². The van der Waals surface area contributed by atoms with Gasteiger partial charge in [-0.05, 0) is 19.2 Å². The van der Waals surface area contributed by atoms with Gasteiger partial charge in [-0.3, -0.25) is 10.2 Å². The van der Waals surface area contributed by atoms with Gasteiger partial charge in [-0.2, -0.15) is 13.2 Å². The van der Waals surface area contributed by atoms with Crippen molar-refractivity contribution in [3.63, 3.8) is 0 Å². The Kier molecular flexibility index (Phi) is 5.02. The summed E-state index contributed by atoms with van der Waals surface area (Å²) < 4.78 is 39.7. The summed E-state index contributed by atoms with van der Waals surface area (Å²) >= 11 is 0. The van der Waals surface area contributed by atoms with Crippen LogP contribution in [-0.4, -0.2) is 54.7 Å². The molecule has 1 saturated heterocycles. The van der Waals surface area contributed by atoms with Crippen molar-refractivity contribution in [3.05, 3.63) is 29.8 Å². The second kappa shape index (κ2) is 6.68. The molecule has 1 aliphatic heterocycles. The van der Waals surface area contributed by atoms with E-state index in [1.54, 1.807) is 0 Å². The van der Waals surface area contributed by atoms with E-state index >= 15 is 0 Å². The quantitative estimate of drug-likeness (QED) is 0.817. The molecule has 1 atom stereocenters. The summed E-state index contributed by atoms with van der Waals surface area (Å²) in [7, 11) is 1.48. The van der Waals surface area contributed by atoms with Crippen LogP contribution in [0.1, 0.15) is 12.0 Å².